The SMILES string of the molecule is CCC(=Cc1ccccc1)c1cc2ccccc2o1. The lowest BCUT2D eigenvalue weighted by Crippen LogP contribution is -1.79. The predicted molar refractivity (Wildman–Crippen MR) is 80.8 cm³/mol. The van der Waals surface area contributed by atoms with Gasteiger partial charge in [0.25, 0.3) is 0 Å². The van der Waals surface area contributed by atoms with E-state index in [1.165, 1.54) is 11.1 Å². The Hall–Kier alpha value is -2.28. The van der Waals surface area contributed by atoms with Gasteiger partial charge in [-0.2, -0.15) is 0 Å². The van der Waals surface area contributed by atoms with Crippen LogP contribution in [-0.2, 0) is 0 Å². The molecule has 1 heterocycles. The highest BCUT2D eigenvalue weighted by molar-refractivity contribution is 5.86. The van der Waals surface area contributed by atoms with Gasteiger partial charge in [-0.15, -0.1) is 0 Å². The lowest BCUT2D eigenvalue weighted by atomic mass is 10.1. The fourth-order valence-corrected chi connectivity index (χ4v) is 2.24. The van der Waals surface area contributed by atoms with E-state index in [-0.39, 0.29) is 0 Å². The summed E-state index contributed by atoms with van der Waals surface area (Å²) in [5.74, 6) is 0.965. The van der Waals surface area contributed by atoms with E-state index in [1.807, 2.05) is 24.3 Å². The Bertz CT molecular complexity index is 672. The number of para-hydroxylation sites is 1. The first-order valence-corrected chi connectivity index (χ1v) is 6.61. The smallest absolute Gasteiger partial charge is 0.134 e. The van der Waals surface area contributed by atoms with Crippen LogP contribution >= 0.6 is 0 Å². The Balaban J connectivity index is 2.04. The van der Waals surface area contributed by atoms with Gasteiger partial charge in [-0.05, 0) is 35.8 Å². The van der Waals surface area contributed by atoms with Crippen LogP contribution in [0.2, 0.25) is 0 Å². The number of rotatable bonds is 3. The molecule has 0 amide bonds. The van der Waals surface area contributed by atoms with Crippen molar-refractivity contribution in [3.05, 3.63) is 72.0 Å². The van der Waals surface area contributed by atoms with Gasteiger partial charge < -0.3 is 4.42 Å². The monoisotopic (exact) mass is 248 g/mol. The maximum absolute atomic E-state index is 5.92. The van der Waals surface area contributed by atoms with Crippen LogP contribution in [0.5, 0.6) is 0 Å². The third-order valence-corrected chi connectivity index (χ3v) is 3.26. The molecule has 0 atom stereocenters. The van der Waals surface area contributed by atoms with Crippen LogP contribution in [0.3, 0.4) is 0 Å². The molecule has 0 N–H and O–H groups in total. The molecule has 0 radical (unpaired) electrons. The van der Waals surface area contributed by atoms with Crippen molar-refractivity contribution in [3.63, 3.8) is 0 Å². The molecule has 0 fully saturated rings. The first kappa shape index (κ1) is 11.8. The minimum absolute atomic E-state index is 0.949. The molecule has 0 saturated heterocycles. The van der Waals surface area contributed by atoms with Crippen LogP contribution in [0.15, 0.2) is 65.1 Å². The molecule has 3 rings (SSSR count). The van der Waals surface area contributed by atoms with E-state index in [4.69, 9.17) is 4.42 Å². The minimum Gasteiger partial charge on any atom is -0.456 e. The summed E-state index contributed by atoms with van der Waals surface area (Å²) in [5, 5.41) is 1.16. The second-order valence-electron chi connectivity index (χ2n) is 4.58. The minimum atomic E-state index is 0.949. The molecule has 1 heteroatoms. The Kier molecular flexibility index (Phi) is 3.20. The third-order valence-electron chi connectivity index (χ3n) is 3.26. The molecule has 0 unspecified atom stereocenters. The average molecular weight is 248 g/mol. The Morgan fingerprint density at radius 1 is 1.00 bits per heavy atom. The summed E-state index contributed by atoms with van der Waals surface area (Å²) in [7, 11) is 0. The molecule has 2 aromatic carbocycles. The van der Waals surface area contributed by atoms with E-state index in [1.54, 1.807) is 0 Å². The highest BCUT2D eigenvalue weighted by Gasteiger charge is 2.07. The number of fused-ring (bicyclic) bond motifs is 1. The molecule has 0 saturated carbocycles. The molecular weight excluding hydrogens is 232 g/mol. The lowest BCUT2D eigenvalue weighted by Gasteiger charge is -2.00. The van der Waals surface area contributed by atoms with Gasteiger partial charge in [0.05, 0.1) is 0 Å². The number of hydrogen-bond donors (Lipinski definition) is 0. The molecule has 3 aromatic rings. The molecule has 19 heavy (non-hydrogen) atoms. The Labute approximate surface area is 113 Å². The number of allylic oxidation sites excluding steroid dienone is 1. The fraction of sp³-hybridized carbons (Fsp3) is 0.111. The van der Waals surface area contributed by atoms with Gasteiger partial charge in [0.1, 0.15) is 11.3 Å². The van der Waals surface area contributed by atoms with E-state index in [9.17, 15) is 0 Å². The topological polar surface area (TPSA) is 13.1 Å². The van der Waals surface area contributed by atoms with Crippen LogP contribution in [-0.4, -0.2) is 0 Å². The fourth-order valence-electron chi connectivity index (χ4n) is 2.24. The molecule has 0 bridgehead atoms. The summed E-state index contributed by atoms with van der Waals surface area (Å²) in [4.78, 5) is 0. The standard InChI is InChI=1S/C18H16O/c1-2-15(12-14-8-4-3-5-9-14)18-13-16-10-6-7-11-17(16)19-18/h3-13H,2H2,1H3. The quantitative estimate of drug-likeness (QED) is 0.606. The summed E-state index contributed by atoms with van der Waals surface area (Å²) in [5.41, 5.74) is 3.38. The maximum Gasteiger partial charge on any atom is 0.134 e. The second kappa shape index (κ2) is 5.15. The summed E-state index contributed by atoms with van der Waals surface area (Å²) < 4.78 is 5.92. The van der Waals surface area contributed by atoms with E-state index in [0.29, 0.717) is 0 Å². The van der Waals surface area contributed by atoms with Gasteiger partial charge in [0.15, 0.2) is 0 Å². The van der Waals surface area contributed by atoms with E-state index >= 15 is 0 Å². The van der Waals surface area contributed by atoms with Crippen LogP contribution in [0.4, 0.5) is 0 Å². The largest absolute Gasteiger partial charge is 0.456 e. The normalized spacial score (nSPS) is 11.9. The summed E-state index contributed by atoms with van der Waals surface area (Å²) in [6.07, 6.45) is 3.15. The molecular formula is C18H16O. The molecule has 1 aromatic heterocycles. The molecule has 0 aliphatic carbocycles. The van der Waals surface area contributed by atoms with Crippen molar-refractivity contribution < 1.29 is 4.42 Å². The Morgan fingerprint density at radius 2 is 1.74 bits per heavy atom. The highest BCUT2D eigenvalue weighted by Crippen LogP contribution is 2.27. The lowest BCUT2D eigenvalue weighted by molar-refractivity contribution is 0.597. The van der Waals surface area contributed by atoms with Gasteiger partial charge >= 0.3 is 0 Å². The zero-order valence-electron chi connectivity index (χ0n) is 11.0. The predicted octanol–water partition coefficient (Wildman–Crippen LogP) is 5.38. The van der Waals surface area contributed by atoms with Gasteiger partial charge in [-0.25, -0.2) is 0 Å². The van der Waals surface area contributed by atoms with Crippen molar-refractivity contribution in [1.29, 1.82) is 0 Å². The van der Waals surface area contributed by atoms with Crippen LogP contribution in [0, 0.1) is 0 Å². The van der Waals surface area contributed by atoms with Crippen molar-refractivity contribution in [2.75, 3.05) is 0 Å². The number of benzene rings is 2. The summed E-state index contributed by atoms with van der Waals surface area (Å²) >= 11 is 0. The van der Waals surface area contributed by atoms with Crippen molar-refractivity contribution in [3.8, 4) is 0 Å². The second-order valence-corrected chi connectivity index (χ2v) is 4.58. The summed E-state index contributed by atoms with van der Waals surface area (Å²) in [6.45, 7) is 2.15. The van der Waals surface area contributed by atoms with Crippen LogP contribution in [0.25, 0.3) is 22.6 Å². The van der Waals surface area contributed by atoms with Gasteiger partial charge in [-0.3, -0.25) is 0 Å². The van der Waals surface area contributed by atoms with E-state index in [0.717, 1.165) is 23.2 Å². The van der Waals surface area contributed by atoms with Crippen LogP contribution < -0.4 is 0 Å². The Morgan fingerprint density at radius 3 is 2.47 bits per heavy atom. The molecule has 94 valence electrons. The number of hydrogen-bond acceptors (Lipinski definition) is 1. The zero-order chi connectivity index (χ0) is 13.1. The van der Waals surface area contributed by atoms with Crippen molar-refractivity contribution >= 4 is 22.6 Å². The molecule has 0 aliphatic rings. The van der Waals surface area contributed by atoms with Crippen LogP contribution in [0.1, 0.15) is 24.7 Å². The average Bonchev–Trinajstić information content (AvgIpc) is 2.89. The number of furan rings is 1. The molecule has 0 spiro atoms. The van der Waals surface area contributed by atoms with Crippen molar-refractivity contribution in [2.24, 2.45) is 0 Å². The third kappa shape index (κ3) is 2.45. The maximum atomic E-state index is 5.92. The van der Waals surface area contributed by atoms with Crippen molar-refractivity contribution in [2.45, 2.75) is 13.3 Å². The first-order valence-electron chi connectivity index (χ1n) is 6.61. The van der Waals surface area contributed by atoms with Gasteiger partial charge in [0.2, 0.25) is 0 Å². The highest BCUT2D eigenvalue weighted by atomic mass is 16.3. The zero-order valence-corrected chi connectivity index (χ0v) is 11.0. The molecule has 0 aliphatic heterocycles. The summed E-state index contributed by atoms with van der Waals surface area (Å²) in [6, 6.07) is 20.6. The van der Waals surface area contributed by atoms with Gasteiger partial charge in [0, 0.05) is 5.39 Å². The molecule has 1 nitrogen and oxygen atoms in total. The van der Waals surface area contributed by atoms with E-state index < -0.39 is 0 Å². The van der Waals surface area contributed by atoms with Crippen molar-refractivity contribution in [1.82, 2.24) is 0 Å². The van der Waals surface area contributed by atoms with E-state index in [2.05, 4.69) is 49.4 Å². The first-order chi connectivity index (χ1) is 9.36. The van der Waals surface area contributed by atoms with Gasteiger partial charge in [-0.1, -0.05) is 55.5 Å².